The molecule has 2 atom stereocenters. The number of nitrogens with one attached hydrogen (secondary N) is 1. The van der Waals surface area contributed by atoms with Crippen LogP contribution in [0.25, 0.3) is 21.9 Å². The molecule has 0 unspecified atom stereocenters. The number of pyridine rings is 1. The molecule has 10 heteroatoms. The molecule has 5 rings (SSSR count). The van der Waals surface area contributed by atoms with Gasteiger partial charge in [0, 0.05) is 25.1 Å². The average Bonchev–Trinajstić information content (AvgIpc) is 3.37. The van der Waals surface area contributed by atoms with Crippen LogP contribution in [0.3, 0.4) is 0 Å². The Morgan fingerprint density at radius 1 is 1.38 bits per heavy atom. The van der Waals surface area contributed by atoms with Crippen molar-refractivity contribution in [3.05, 3.63) is 42.0 Å². The molecular formula is C24H25N7O3. The van der Waals surface area contributed by atoms with Gasteiger partial charge in [-0.1, -0.05) is 0 Å². The predicted octanol–water partition coefficient (Wildman–Crippen LogP) is 3.12. The number of anilines is 1. The number of benzene rings is 1. The number of imidazole rings is 1. The molecule has 1 amide bonds. The second-order valence-electron chi connectivity index (χ2n) is 8.54. The molecule has 1 fully saturated rings. The fraction of sp³-hybridized carbons (Fsp3) is 0.375. The molecule has 1 aliphatic rings. The molecular weight excluding hydrogens is 434 g/mol. The average molecular weight is 460 g/mol. The van der Waals surface area contributed by atoms with E-state index in [-0.39, 0.29) is 24.5 Å². The lowest BCUT2D eigenvalue weighted by Gasteiger charge is -2.30. The normalized spacial score (nSPS) is 18.2. The van der Waals surface area contributed by atoms with Gasteiger partial charge in [0.05, 0.1) is 54.7 Å². The number of hydrogen-bond donors (Lipinski definition) is 1. The number of aromatic nitrogens is 5. The van der Waals surface area contributed by atoms with Crippen LogP contribution >= 0.6 is 0 Å². The molecule has 3 aromatic heterocycles. The lowest BCUT2D eigenvalue weighted by molar-refractivity contribution is -0.115. The van der Waals surface area contributed by atoms with E-state index in [4.69, 9.17) is 14.5 Å². The van der Waals surface area contributed by atoms with Crippen molar-refractivity contribution in [1.29, 1.82) is 5.26 Å². The third-order valence-electron chi connectivity index (χ3n) is 6.12. The summed E-state index contributed by atoms with van der Waals surface area (Å²) in [6.07, 6.45) is 5.20. The van der Waals surface area contributed by atoms with E-state index < -0.39 is 0 Å². The van der Waals surface area contributed by atoms with Crippen LogP contribution in [0, 0.1) is 11.3 Å². The highest BCUT2D eigenvalue weighted by Gasteiger charge is 2.27. The molecule has 0 saturated carbocycles. The molecule has 0 radical (unpaired) electrons. The van der Waals surface area contributed by atoms with Gasteiger partial charge in [-0.3, -0.25) is 14.5 Å². The first-order valence-corrected chi connectivity index (χ1v) is 11.2. The van der Waals surface area contributed by atoms with E-state index in [0.717, 1.165) is 29.3 Å². The molecule has 1 N–H and O–H groups in total. The quantitative estimate of drug-likeness (QED) is 0.487. The zero-order valence-corrected chi connectivity index (χ0v) is 19.3. The maximum atomic E-state index is 13.1. The van der Waals surface area contributed by atoms with Gasteiger partial charge in [-0.05, 0) is 38.0 Å². The number of amides is 1. The van der Waals surface area contributed by atoms with Crippen molar-refractivity contribution in [2.45, 2.75) is 38.3 Å². The smallest absolute Gasteiger partial charge is 0.256 e. The molecule has 1 aliphatic heterocycles. The molecule has 0 bridgehead atoms. The zero-order chi connectivity index (χ0) is 23.8. The number of hydrogen-bond acceptors (Lipinski definition) is 7. The Labute approximate surface area is 196 Å². The first-order chi connectivity index (χ1) is 16.5. The number of carbonyl (C=O) groups excluding carboxylic acids is 1. The van der Waals surface area contributed by atoms with Gasteiger partial charge in [0.15, 0.2) is 0 Å². The van der Waals surface area contributed by atoms with Crippen LogP contribution in [0.4, 0.5) is 5.69 Å². The number of rotatable bonds is 5. The number of methoxy groups -OCH3 is 1. The van der Waals surface area contributed by atoms with Crippen LogP contribution in [-0.2, 0) is 23.0 Å². The van der Waals surface area contributed by atoms with Crippen LogP contribution in [0.2, 0.25) is 0 Å². The number of aryl methyl sites for hydroxylation is 1. The third-order valence-corrected chi connectivity index (χ3v) is 6.12. The van der Waals surface area contributed by atoms with Crippen molar-refractivity contribution in [2.75, 3.05) is 19.0 Å². The van der Waals surface area contributed by atoms with Crippen molar-refractivity contribution >= 4 is 33.5 Å². The molecule has 0 aliphatic carbocycles. The van der Waals surface area contributed by atoms with Gasteiger partial charge in [0.2, 0.25) is 5.91 Å². The van der Waals surface area contributed by atoms with E-state index in [9.17, 15) is 10.1 Å². The van der Waals surface area contributed by atoms with Gasteiger partial charge in [0.25, 0.3) is 5.88 Å². The van der Waals surface area contributed by atoms with E-state index in [2.05, 4.69) is 33.0 Å². The number of fused-ring (bicyclic) bond motifs is 3. The van der Waals surface area contributed by atoms with Crippen molar-refractivity contribution in [1.82, 2.24) is 24.3 Å². The highest BCUT2D eigenvalue weighted by molar-refractivity contribution is 6.03. The lowest BCUT2D eigenvalue weighted by atomic mass is 10.0. The standard InChI is InChI=1S/C24H25N7O3/c1-14-8-16(6-7-34-14)31-21(10-22(32)28-20-13-30(2)29-24(20)33-3)27-19-12-26-18-5-4-15(11-25)9-17(18)23(19)31/h4-5,9,12-14,16H,6-8,10H2,1-3H3,(H,28,32)/t14-,16-/m1/s1. The Morgan fingerprint density at radius 2 is 2.24 bits per heavy atom. The molecule has 34 heavy (non-hydrogen) atoms. The van der Waals surface area contributed by atoms with E-state index in [1.54, 1.807) is 30.2 Å². The Kier molecular flexibility index (Phi) is 5.63. The highest BCUT2D eigenvalue weighted by atomic mass is 16.5. The number of ether oxygens (including phenoxy) is 2. The number of nitrogens with zero attached hydrogens (tertiary/aromatic N) is 6. The fourth-order valence-corrected chi connectivity index (χ4v) is 4.66. The molecule has 0 spiro atoms. The summed E-state index contributed by atoms with van der Waals surface area (Å²) in [5, 5.41) is 17.4. The van der Waals surface area contributed by atoms with Crippen molar-refractivity contribution in [2.24, 2.45) is 7.05 Å². The first-order valence-electron chi connectivity index (χ1n) is 11.2. The molecule has 1 saturated heterocycles. The summed E-state index contributed by atoms with van der Waals surface area (Å²) in [7, 11) is 3.27. The third kappa shape index (κ3) is 3.95. The minimum absolute atomic E-state index is 0.0674. The summed E-state index contributed by atoms with van der Waals surface area (Å²) < 4.78 is 14.8. The lowest BCUT2D eigenvalue weighted by Crippen LogP contribution is -2.27. The predicted molar refractivity (Wildman–Crippen MR) is 126 cm³/mol. The van der Waals surface area contributed by atoms with Crippen molar-refractivity contribution in [3.63, 3.8) is 0 Å². The molecule has 174 valence electrons. The summed E-state index contributed by atoms with van der Waals surface area (Å²) in [6.45, 7) is 2.69. The highest BCUT2D eigenvalue weighted by Crippen LogP contribution is 2.34. The van der Waals surface area contributed by atoms with Gasteiger partial charge < -0.3 is 19.4 Å². The number of nitriles is 1. The second kappa shape index (κ2) is 8.76. The largest absolute Gasteiger partial charge is 0.478 e. The fourth-order valence-electron chi connectivity index (χ4n) is 4.66. The molecule has 1 aromatic carbocycles. The second-order valence-corrected chi connectivity index (χ2v) is 8.54. The Bertz CT molecular complexity index is 1430. The van der Waals surface area contributed by atoms with Crippen LogP contribution in [0.1, 0.15) is 37.2 Å². The summed E-state index contributed by atoms with van der Waals surface area (Å²) in [5.74, 6) is 0.769. The monoisotopic (exact) mass is 459 g/mol. The Balaban J connectivity index is 1.60. The SMILES string of the molecule is COc1nn(C)cc1NC(=O)Cc1nc2cnc3ccc(C#N)cc3c2n1[C@@H]1CCO[C@H](C)C1. The van der Waals surface area contributed by atoms with Gasteiger partial charge >= 0.3 is 0 Å². The molecule has 4 heterocycles. The van der Waals surface area contributed by atoms with Gasteiger partial charge in [-0.25, -0.2) is 4.98 Å². The van der Waals surface area contributed by atoms with Crippen LogP contribution in [0.15, 0.2) is 30.6 Å². The van der Waals surface area contributed by atoms with Crippen LogP contribution < -0.4 is 10.1 Å². The minimum atomic E-state index is -0.224. The van der Waals surface area contributed by atoms with E-state index in [0.29, 0.717) is 35.1 Å². The molecule has 10 nitrogen and oxygen atoms in total. The van der Waals surface area contributed by atoms with Crippen LogP contribution in [0.5, 0.6) is 5.88 Å². The van der Waals surface area contributed by atoms with Crippen molar-refractivity contribution < 1.29 is 14.3 Å². The molecule has 4 aromatic rings. The Hall–Kier alpha value is -3.97. The number of carbonyl (C=O) groups is 1. The topological polar surface area (TPSA) is 120 Å². The van der Waals surface area contributed by atoms with E-state index in [1.165, 1.54) is 7.11 Å². The van der Waals surface area contributed by atoms with Gasteiger partial charge in [-0.15, -0.1) is 5.10 Å². The van der Waals surface area contributed by atoms with Gasteiger partial charge in [0.1, 0.15) is 17.0 Å². The maximum absolute atomic E-state index is 13.1. The van der Waals surface area contributed by atoms with Crippen LogP contribution in [-0.4, -0.2) is 50.0 Å². The minimum Gasteiger partial charge on any atom is -0.478 e. The van der Waals surface area contributed by atoms with Crippen molar-refractivity contribution in [3.8, 4) is 11.9 Å². The summed E-state index contributed by atoms with van der Waals surface area (Å²) in [6, 6.07) is 7.77. The summed E-state index contributed by atoms with van der Waals surface area (Å²) in [5.41, 5.74) is 3.43. The Morgan fingerprint density at radius 3 is 3.00 bits per heavy atom. The summed E-state index contributed by atoms with van der Waals surface area (Å²) >= 11 is 0. The van der Waals surface area contributed by atoms with E-state index in [1.807, 2.05) is 12.1 Å². The summed E-state index contributed by atoms with van der Waals surface area (Å²) in [4.78, 5) is 22.4. The maximum Gasteiger partial charge on any atom is 0.256 e. The zero-order valence-electron chi connectivity index (χ0n) is 19.3. The van der Waals surface area contributed by atoms with Gasteiger partial charge in [-0.2, -0.15) is 5.26 Å². The van der Waals surface area contributed by atoms with E-state index >= 15 is 0 Å². The first kappa shape index (κ1) is 21.9.